The van der Waals surface area contributed by atoms with Gasteiger partial charge in [0, 0.05) is 31.7 Å². The molecule has 1 N–H and O–H groups in total. The van der Waals surface area contributed by atoms with E-state index in [1.54, 1.807) is 36.4 Å². The fourth-order valence-electron chi connectivity index (χ4n) is 4.51. The average molecular weight is 483 g/mol. The van der Waals surface area contributed by atoms with Gasteiger partial charge in [0.1, 0.15) is 17.3 Å². The van der Waals surface area contributed by atoms with Crippen LogP contribution in [0, 0.1) is 5.82 Å². The van der Waals surface area contributed by atoms with Crippen molar-refractivity contribution in [1.82, 2.24) is 9.80 Å². The second-order valence-corrected chi connectivity index (χ2v) is 9.04. The number of likely N-dealkylation sites (tertiary alicyclic amines) is 1. The van der Waals surface area contributed by atoms with Crippen LogP contribution in [0.4, 0.5) is 4.39 Å². The number of aliphatic hydroxyl groups excluding tert-OH is 1. The number of benzene rings is 2. The van der Waals surface area contributed by atoms with Crippen LogP contribution >= 0.6 is 0 Å². The average Bonchev–Trinajstić information content (AvgIpc) is 3.10. The highest BCUT2D eigenvalue weighted by Gasteiger charge is 2.45. The molecule has 2 aliphatic heterocycles. The van der Waals surface area contributed by atoms with Crippen molar-refractivity contribution in [3.63, 3.8) is 0 Å². The van der Waals surface area contributed by atoms with Gasteiger partial charge in [-0.3, -0.25) is 14.5 Å². The molecule has 1 amide bonds. The summed E-state index contributed by atoms with van der Waals surface area (Å²) >= 11 is 0. The molecule has 35 heavy (non-hydrogen) atoms. The maximum absolute atomic E-state index is 13.6. The molecule has 1 atom stereocenters. The number of Topliss-reactive ketones (excluding diaryl/α,β-unsaturated/α-hetero) is 1. The zero-order chi connectivity index (χ0) is 24.9. The van der Waals surface area contributed by atoms with E-state index >= 15 is 0 Å². The van der Waals surface area contributed by atoms with Gasteiger partial charge in [-0.15, -0.1) is 0 Å². The summed E-state index contributed by atoms with van der Waals surface area (Å²) in [6.45, 7) is 7.95. The number of carbonyl (C=O) groups excluding carboxylic acids is 2. The minimum Gasteiger partial charge on any atom is -0.507 e. The van der Waals surface area contributed by atoms with Gasteiger partial charge >= 0.3 is 0 Å². The van der Waals surface area contributed by atoms with Crippen LogP contribution in [0.15, 0.2) is 54.1 Å². The largest absolute Gasteiger partial charge is 0.507 e. The standard InChI is InChI=1S/C27H31FN2O5/c1-18(2)35-22-10-6-20(7-11-22)25(31)23-24(19-4-8-21(28)9-5-19)30(27(33)26(23)32)13-3-12-29-14-16-34-17-15-29/h4-11,18,24,31H,3,12-17H2,1-2H3/t24-/m0/s1. The molecule has 0 bridgehead atoms. The van der Waals surface area contributed by atoms with E-state index in [4.69, 9.17) is 9.47 Å². The Kier molecular flexibility index (Phi) is 7.83. The monoisotopic (exact) mass is 482 g/mol. The van der Waals surface area contributed by atoms with E-state index in [9.17, 15) is 19.1 Å². The Morgan fingerprint density at radius 1 is 1.06 bits per heavy atom. The predicted octanol–water partition coefficient (Wildman–Crippen LogP) is 3.76. The fraction of sp³-hybridized carbons (Fsp3) is 0.407. The molecule has 2 heterocycles. The van der Waals surface area contributed by atoms with Gasteiger partial charge < -0.3 is 19.5 Å². The van der Waals surface area contributed by atoms with E-state index < -0.39 is 23.5 Å². The number of aliphatic hydroxyl groups is 1. The van der Waals surface area contributed by atoms with Crippen LogP contribution in [0.25, 0.3) is 5.76 Å². The number of ketones is 1. The second-order valence-electron chi connectivity index (χ2n) is 9.04. The van der Waals surface area contributed by atoms with E-state index in [1.807, 2.05) is 13.8 Å². The first-order chi connectivity index (χ1) is 16.8. The van der Waals surface area contributed by atoms with Crippen molar-refractivity contribution in [2.24, 2.45) is 0 Å². The Balaban J connectivity index is 1.64. The van der Waals surface area contributed by atoms with Crippen LogP contribution in [0.2, 0.25) is 0 Å². The molecular weight excluding hydrogens is 451 g/mol. The molecule has 0 spiro atoms. The highest BCUT2D eigenvalue weighted by Crippen LogP contribution is 2.39. The summed E-state index contributed by atoms with van der Waals surface area (Å²) in [5, 5.41) is 11.2. The van der Waals surface area contributed by atoms with Crippen LogP contribution in [-0.4, -0.2) is 72.1 Å². The molecule has 0 radical (unpaired) electrons. The third-order valence-corrected chi connectivity index (χ3v) is 6.20. The number of rotatable bonds is 8. The van der Waals surface area contributed by atoms with Gasteiger partial charge in [0.05, 0.1) is 30.9 Å². The first-order valence-corrected chi connectivity index (χ1v) is 12.0. The lowest BCUT2D eigenvalue weighted by Gasteiger charge is -2.29. The van der Waals surface area contributed by atoms with Gasteiger partial charge in [-0.05, 0) is 62.2 Å². The fourth-order valence-corrected chi connectivity index (χ4v) is 4.51. The van der Waals surface area contributed by atoms with Crippen LogP contribution in [0.1, 0.15) is 37.4 Å². The topological polar surface area (TPSA) is 79.3 Å². The van der Waals surface area contributed by atoms with Crippen molar-refractivity contribution in [2.45, 2.75) is 32.4 Å². The summed E-state index contributed by atoms with van der Waals surface area (Å²) in [4.78, 5) is 29.9. The maximum atomic E-state index is 13.6. The predicted molar refractivity (Wildman–Crippen MR) is 129 cm³/mol. The lowest BCUT2D eigenvalue weighted by atomic mass is 9.95. The summed E-state index contributed by atoms with van der Waals surface area (Å²) < 4.78 is 24.7. The number of nitrogens with zero attached hydrogens (tertiary/aromatic N) is 2. The number of ether oxygens (including phenoxy) is 2. The molecule has 2 aliphatic rings. The highest BCUT2D eigenvalue weighted by atomic mass is 19.1. The molecule has 0 unspecified atom stereocenters. The minimum atomic E-state index is -0.799. The molecule has 2 fully saturated rings. The smallest absolute Gasteiger partial charge is 0.295 e. The van der Waals surface area contributed by atoms with Crippen molar-refractivity contribution >= 4 is 17.4 Å². The van der Waals surface area contributed by atoms with Gasteiger partial charge in [-0.2, -0.15) is 0 Å². The lowest BCUT2D eigenvalue weighted by Crippen LogP contribution is -2.38. The Hall–Kier alpha value is -3.23. The van der Waals surface area contributed by atoms with Crippen molar-refractivity contribution in [3.05, 3.63) is 71.0 Å². The van der Waals surface area contributed by atoms with Crippen molar-refractivity contribution in [3.8, 4) is 5.75 Å². The molecule has 2 aromatic rings. The quantitative estimate of drug-likeness (QED) is 0.351. The van der Waals surface area contributed by atoms with Gasteiger partial charge in [0.15, 0.2) is 0 Å². The molecule has 0 aliphatic carbocycles. The van der Waals surface area contributed by atoms with Crippen molar-refractivity contribution in [2.75, 3.05) is 39.4 Å². The Bertz CT molecular complexity index is 1080. The van der Waals surface area contributed by atoms with Crippen LogP contribution < -0.4 is 4.74 Å². The zero-order valence-corrected chi connectivity index (χ0v) is 20.1. The van der Waals surface area contributed by atoms with Gasteiger partial charge in [0.2, 0.25) is 0 Å². The maximum Gasteiger partial charge on any atom is 0.295 e. The van der Waals surface area contributed by atoms with Gasteiger partial charge in [0.25, 0.3) is 11.7 Å². The SMILES string of the molecule is CC(C)Oc1ccc(C(O)=C2C(=O)C(=O)N(CCCN3CCOCC3)[C@H]2c2ccc(F)cc2)cc1. The van der Waals surface area contributed by atoms with E-state index in [-0.39, 0.29) is 17.4 Å². The number of hydrogen-bond donors (Lipinski definition) is 1. The molecule has 0 aromatic heterocycles. The summed E-state index contributed by atoms with van der Waals surface area (Å²) in [7, 11) is 0. The van der Waals surface area contributed by atoms with E-state index in [2.05, 4.69) is 4.90 Å². The summed E-state index contributed by atoms with van der Waals surface area (Å²) in [5.41, 5.74) is 0.975. The van der Waals surface area contributed by atoms with Crippen LogP contribution in [0.3, 0.4) is 0 Å². The summed E-state index contributed by atoms with van der Waals surface area (Å²) in [5.74, 6) is -1.45. The lowest BCUT2D eigenvalue weighted by molar-refractivity contribution is -0.140. The van der Waals surface area contributed by atoms with Gasteiger partial charge in [-0.25, -0.2) is 4.39 Å². The molecule has 7 nitrogen and oxygen atoms in total. The molecule has 4 rings (SSSR count). The first kappa shape index (κ1) is 24.9. The second kappa shape index (κ2) is 11.0. The third-order valence-electron chi connectivity index (χ3n) is 6.20. The normalized spacial score (nSPS) is 20.6. The Morgan fingerprint density at radius 3 is 2.34 bits per heavy atom. The number of carbonyl (C=O) groups is 2. The van der Waals surface area contributed by atoms with E-state index in [0.717, 1.165) is 19.6 Å². The van der Waals surface area contributed by atoms with Crippen LogP contribution in [-0.2, 0) is 14.3 Å². The molecule has 186 valence electrons. The molecule has 2 aromatic carbocycles. The zero-order valence-electron chi connectivity index (χ0n) is 20.1. The van der Waals surface area contributed by atoms with E-state index in [1.165, 1.54) is 17.0 Å². The Morgan fingerprint density at radius 2 is 1.71 bits per heavy atom. The summed E-state index contributed by atoms with van der Waals surface area (Å²) in [6, 6.07) is 11.6. The minimum absolute atomic E-state index is 0.00397. The van der Waals surface area contributed by atoms with Crippen molar-refractivity contribution in [1.29, 1.82) is 0 Å². The van der Waals surface area contributed by atoms with Crippen molar-refractivity contribution < 1.29 is 28.6 Å². The number of hydrogen-bond acceptors (Lipinski definition) is 6. The molecule has 0 saturated carbocycles. The highest BCUT2D eigenvalue weighted by molar-refractivity contribution is 6.46. The summed E-state index contributed by atoms with van der Waals surface area (Å²) in [6.07, 6.45) is 0.655. The third kappa shape index (κ3) is 5.71. The molecule has 2 saturated heterocycles. The molecule has 8 heteroatoms. The van der Waals surface area contributed by atoms with Gasteiger partial charge in [-0.1, -0.05) is 12.1 Å². The first-order valence-electron chi connectivity index (χ1n) is 12.0. The number of amides is 1. The molecular formula is C27H31FN2O5. The van der Waals surface area contributed by atoms with E-state index in [0.29, 0.717) is 43.1 Å². The number of morpholine rings is 1. The van der Waals surface area contributed by atoms with Crippen LogP contribution in [0.5, 0.6) is 5.75 Å². The Labute approximate surface area is 204 Å². The number of halogens is 1.